The number of amides is 4. The number of nitrogens with zero attached hydrogens (tertiary/aromatic N) is 1. The number of nitrogens with two attached hydrogens (primary N) is 2. The van der Waals surface area contributed by atoms with Crippen LogP contribution in [0.1, 0.15) is 26.7 Å². The van der Waals surface area contributed by atoms with Gasteiger partial charge in [0.15, 0.2) is 0 Å². The van der Waals surface area contributed by atoms with Crippen molar-refractivity contribution in [2.45, 2.75) is 26.7 Å². The maximum atomic E-state index is 10.7. The molecule has 114 valence electrons. The molecule has 1 aliphatic heterocycles. The Labute approximate surface area is 115 Å². The van der Waals surface area contributed by atoms with E-state index >= 15 is 0 Å². The maximum absolute atomic E-state index is 10.7. The van der Waals surface area contributed by atoms with Crippen LogP contribution in [0.15, 0.2) is 0 Å². The number of nitrogens with one attached hydrogen (secondary N) is 2. The van der Waals surface area contributed by atoms with E-state index in [0.29, 0.717) is 0 Å². The monoisotopic (exact) mass is 289 g/mol. The quantitative estimate of drug-likeness (QED) is 0.129. The largest absolute Gasteiger partial charge is 0.294 e. The number of carbonyl (C=O) groups is 4. The lowest BCUT2D eigenvalue weighted by atomic mass is 10.1. The molecule has 20 heavy (non-hydrogen) atoms. The van der Waals surface area contributed by atoms with Crippen LogP contribution in [0.3, 0.4) is 0 Å². The highest BCUT2D eigenvalue weighted by Gasteiger charge is 2.34. The van der Waals surface area contributed by atoms with E-state index in [4.69, 9.17) is 16.9 Å². The number of hydrazine groups is 2. The van der Waals surface area contributed by atoms with Crippen molar-refractivity contribution < 1.29 is 24.4 Å². The fourth-order valence-corrected chi connectivity index (χ4v) is 1.34. The summed E-state index contributed by atoms with van der Waals surface area (Å²) < 4.78 is 0. The summed E-state index contributed by atoms with van der Waals surface area (Å²) >= 11 is 0. The molecule has 7 N–H and O–H groups in total. The van der Waals surface area contributed by atoms with Crippen LogP contribution in [0.2, 0.25) is 0 Å². The number of hydrogen-bond acceptors (Lipinski definition) is 7. The SMILES string of the molecule is CC(CC(=O)NN)C(=O)NN.CC1CC(=O)N(O)C1=O. The first-order chi connectivity index (χ1) is 9.24. The molecule has 0 saturated carbocycles. The van der Waals surface area contributed by atoms with Crippen molar-refractivity contribution in [2.75, 3.05) is 0 Å². The Bertz CT molecular complexity index is 399. The molecular weight excluding hydrogens is 270 g/mol. The van der Waals surface area contributed by atoms with Crippen LogP contribution in [-0.4, -0.2) is 33.9 Å². The summed E-state index contributed by atoms with van der Waals surface area (Å²) in [6.07, 6.45) is 0.175. The Morgan fingerprint density at radius 3 is 2.20 bits per heavy atom. The van der Waals surface area contributed by atoms with Crippen molar-refractivity contribution in [3.63, 3.8) is 0 Å². The van der Waals surface area contributed by atoms with E-state index in [0.717, 1.165) is 0 Å². The van der Waals surface area contributed by atoms with E-state index in [1.807, 2.05) is 10.9 Å². The Kier molecular flexibility index (Phi) is 7.36. The van der Waals surface area contributed by atoms with Gasteiger partial charge in [-0.2, -0.15) is 5.06 Å². The second-order valence-electron chi connectivity index (χ2n) is 4.33. The van der Waals surface area contributed by atoms with Gasteiger partial charge >= 0.3 is 0 Å². The summed E-state index contributed by atoms with van der Waals surface area (Å²) in [6.45, 7) is 3.19. The summed E-state index contributed by atoms with van der Waals surface area (Å²) in [5, 5.41) is 8.76. The third-order valence-electron chi connectivity index (χ3n) is 2.59. The molecule has 10 heteroatoms. The van der Waals surface area contributed by atoms with Crippen LogP contribution in [-0.2, 0) is 19.2 Å². The molecule has 1 aliphatic rings. The van der Waals surface area contributed by atoms with Gasteiger partial charge in [0.2, 0.25) is 11.8 Å². The van der Waals surface area contributed by atoms with Crippen molar-refractivity contribution >= 4 is 23.6 Å². The highest BCUT2D eigenvalue weighted by Crippen LogP contribution is 2.15. The number of hydroxylamine groups is 2. The van der Waals surface area contributed by atoms with Crippen molar-refractivity contribution in [3.8, 4) is 0 Å². The van der Waals surface area contributed by atoms with Gasteiger partial charge in [-0.1, -0.05) is 13.8 Å². The van der Waals surface area contributed by atoms with Gasteiger partial charge in [-0.05, 0) is 0 Å². The lowest BCUT2D eigenvalue weighted by Crippen LogP contribution is -2.38. The van der Waals surface area contributed by atoms with E-state index in [1.165, 1.54) is 0 Å². The minimum absolute atomic E-state index is 0.0412. The predicted octanol–water partition coefficient (Wildman–Crippen LogP) is -2.24. The summed E-state index contributed by atoms with van der Waals surface area (Å²) in [5.41, 5.74) is 3.85. The van der Waals surface area contributed by atoms with Crippen molar-refractivity contribution in [1.82, 2.24) is 15.9 Å². The molecule has 0 aromatic rings. The molecule has 1 saturated heterocycles. The number of rotatable bonds is 3. The average molecular weight is 289 g/mol. The highest BCUT2D eigenvalue weighted by atomic mass is 16.5. The van der Waals surface area contributed by atoms with E-state index < -0.39 is 17.7 Å². The third kappa shape index (κ3) is 5.30. The highest BCUT2D eigenvalue weighted by molar-refractivity contribution is 6.01. The van der Waals surface area contributed by atoms with E-state index in [1.54, 1.807) is 13.8 Å². The average Bonchev–Trinajstić information content (AvgIpc) is 2.64. The van der Waals surface area contributed by atoms with Gasteiger partial charge in [0.05, 0.1) is 0 Å². The Morgan fingerprint density at radius 1 is 1.40 bits per heavy atom. The van der Waals surface area contributed by atoms with Gasteiger partial charge in [0.1, 0.15) is 0 Å². The first-order valence-corrected chi connectivity index (χ1v) is 5.80. The molecular formula is C10H19N5O5. The first kappa shape index (κ1) is 18.0. The Morgan fingerprint density at radius 2 is 1.95 bits per heavy atom. The van der Waals surface area contributed by atoms with Gasteiger partial charge in [0.25, 0.3) is 11.8 Å². The first-order valence-electron chi connectivity index (χ1n) is 5.80. The van der Waals surface area contributed by atoms with Crippen molar-refractivity contribution in [3.05, 3.63) is 0 Å². The second kappa shape index (κ2) is 8.19. The third-order valence-corrected chi connectivity index (χ3v) is 2.59. The van der Waals surface area contributed by atoms with Gasteiger partial charge in [-0.3, -0.25) is 35.2 Å². The molecule has 2 unspecified atom stereocenters. The van der Waals surface area contributed by atoms with Crippen molar-refractivity contribution in [1.29, 1.82) is 0 Å². The van der Waals surface area contributed by atoms with Crippen LogP contribution in [0, 0.1) is 11.8 Å². The fourth-order valence-electron chi connectivity index (χ4n) is 1.34. The second-order valence-corrected chi connectivity index (χ2v) is 4.33. The molecule has 4 amide bonds. The van der Waals surface area contributed by atoms with Gasteiger partial charge in [0, 0.05) is 24.7 Å². The Balaban J connectivity index is 0.000000367. The molecule has 0 aromatic carbocycles. The summed E-state index contributed by atoms with van der Waals surface area (Å²) in [6, 6.07) is 0. The van der Waals surface area contributed by atoms with Crippen LogP contribution in [0.4, 0.5) is 0 Å². The molecule has 1 fully saturated rings. The lowest BCUT2D eigenvalue weighted by molar-refractivity contribution is -0.172. The normalized spacial score (nSPS) is 19.1. The van der Waals surface area contributed by atoms with Crippen LogP contribution in [0.25, 0.3) is 0 Å². The smallest absolute Gasteiger partial charge is 0.256 e. The summed E-state index contributed by atoms with van der Waals surface area (Å²) in [4.78, 5) is 42.3. The zero-order chi connectivity index (χ0) is 15.9. The molecule has 10 nitrogen and oxygen atoms in total. The van der Waals surface area contributed by atoms with Crippen LogP contribution in [0.5, 0.6) is 0 Å². The number of hydrogen-bond donors (Lipinski definition) is 5. The zero-order valence-corrected chi connectivity index (χ0v) is 11.3. The molecule has 1 heterocycles. The topological polar surface area (TPSA) is 168 Å². The maximum Gasteiger partial charge on any atom is 0.256 e. The number of carbonyl (C=O) groups excluding carboxylic acids is 4. The van der Waals surface area contributed by atoms with Gasteiger partial charge in [-0.15, -0.1) is 0 Å². The summed E-state index contributed by atoms with van der Waals surface area (Å²) in [5.74, 6) is 7.05. The molecule has 0 aliphatic carbocycles. The predicted molar refractivity (Wildman–Crippen MR) is 65.9 cm³/mol. The van der Waals surface area contributed by atoms with Crippen LogP contribution < -0.4 is 22.5 Å². The number of imide groups is 1. The lowest BCUT2D eigenvalue weighted by Gasteiger charge is -2.06. The molecule has 0 bridgehead atoms. The molecule has 2 atom stereocenters. The van der Waals surface area contributed by atoms with Crippen molar-refractivity contribution in [2.24, 2.45) is 23.5 Å². The molecule has 1 rings (SSSR count). The molecule has 0 radical (unpaired) electrons. The van der Waals surface area contributed by atoms with E-state index in [-0.39, 0.29) is 35.6 Å². The van der Waals surface area contributed by atoms with Gasteiger partial charge < -0.3 is 0 Å². The minimum atomic E-state index is -0.507. The van der Waals surface area contributed by atoms with Gasteiger partial charge in [-0.25, -0.2) is 11.7 Å². The molecule has 0 aromatic heterocycles. The van der Waals surface area contributed by atoms with Crippen LogP contribution >= 0.6 is 0 Å². The van der Waals surface area contributed by atoms with E-state index in [9.17, 15) is 19.2 Å². The molecule has 0 spiro atoms. The standard InChI is InChI=1S/C5H12N4O2.C5H7NO3/c1-3(5(11)9-7)2-4(10)8-6;1-3-2-4(7)6(9)5(3)8/h3H,2,6-7H2,1H3,(H,8,10)(H,9,11);3,9H,2H2,1H3. The fraction of sp³-hybridized carbons (Fsp3) is 0.600. The minimum Gasteiger partial charge on any atom is -0.294 e. The Hall–Kier alpha value is -2.04. The summed E-state index contributed by atoms with van der Waals surface area (Å²) in [7, 11) is 0. The zero-order valence-electron chi connectivity index (χ0n) is 11.3. The van der Waals surface area contributed by atoms with E-state index in [2.05, 4.69) is 0 Å².